The highest BCUT2D eigenvalue weighted by Gasteiger charge is 2.23. The van der Waals surface area contributed by atoms with E-state index in [4.69, 9.17) is 18.0 Å². The van der Waals surface area contributed by atoms with Crippen LogP contribution in [0.5, 0.6) is 0 Å². The van der Waals surface area contributed by atoms with Gasteiger partial charge < -0.3 is 5.73 Å². The summed E-state index contributed by atoms with van der Waals surface area (Å²) in [5.41, 5.74) is 5.70. The van der Waals surface area contributed by atoms with Gasteiger partial charge in [-0.05, 0) is 31.0 Å². The first-order valence-corrected chi connectivity index (χ1v) is 8.62. The third-order valence-corrected chi connectivity index (χ3v) is 5.14. The molecule has 0 unspecified atom stereocenters. The highest BCUT2D eigenvalue weighted by atomic mass is 32.2. The van der Waals surface area contributed by atoms with Crippen molar-refractivity contribution in [3.8, 4) is 0 Å². The third kappa shape index (κ3) is 4.12. The van der Waals surface area contributed by atoms with E-state index in [1.807, 2.05) is 0 Å². The molecular weight excluding hydrogens is 313 g/mol. The Morgan fingerprint density at radius 3 is 2.43 bits per heavy atom. The predicted molar refractivity (Wildman–Crippen MR) is 84.9 cm³/mol. The van der Waals surface area contributed by atoms with Gasteiger partial charge in [-0.2, -0.15) is 12.7 Å². The SMILES string of the molecule is NC(=S)c1cc(NS(=O)(=O)N2CCCCCC2)ccc1F. The van der Waals surface area contributed by atoms with Crippen LogP contribution in [0.2, 0.25) is 0 Å². The molecule has 0 atom stereocenters. The van der Waals surface area contributed by atoms with Crippen molar-refractivity contribution in [1.82, 2.24) is 4.31 Å². The quantitative estimate of drug-likeness (QED) is 0.828. The van der Waals surface area contributed by atoms with E-state index in [-0.39, 0.29) is 16.2 Å². The first kappa shape index (κ1) is 16.1. The van der Waals surface area contributed by atoms with E-state index in [0.717, 1.165) is 31.7 Å². The molecule has 1 fully saturated rings. The average Bonchev–Trinajstić information content (AvgIpc) is 2.70. The van der Waals surface area contributed by atoms with Crippen molar-refractivity contribution in [2.45, 2.75) is 25.7 Å². The number of nitrogens with one attached hydrogen (secondary N) is 1. The Labute approximate surface area is 129 Å². The Kier molecular flexibility index (Phi) is 5.13. The van der Waals surface area contributed by atoms with Crippen LogP contribution >= 0.6 is 12.2 Å². The summed E-state index contributed by atoms with van der Waals surface area (Å²) in [5.74, 6) is -0.569. The number of hydrogen-bond donors (Lipinski definition) is 2. The molecule has 116 valence electrons. The number of thiocarbonyl (C=S) groups is 1. The zero-order valence-electron chi connectivity index (χ0n) is 11.5. The molecule has 1 aliphatic heterocycles. The molecule has 0 spiro atoms. The average molecular weight is 331 g/mol. The molecule has 2 rings (SSSR count). The summed E-state index contributed by atoms with van der Waals surface area (Å²) in [6.45, 7) is 0.997. The molecule has 1 aliphatic rings. The normalized spacial score (nSPS) is 17.2. The maximum Gasteiger partial charge on any atom is 0.301 e. The molecular formula is C13H18FN3O2S2. The lowest BCUT2D eigenvalue weighted by Crippen LogP contribution is -2.36. The van der Waals surface area contributed by atoms with E-state index in [2.05, 4.69) is 4.72 Å². The van der Waals surface area contributed by atoms with E-state index in [1.54, 1.807) is 0 Å². The Bertz CT molecular complexity index is 626. The molecule has 1 aromatic carbocycles. The standard InChI is InChI=1S/C13H18FN3O2S2/c14-12-6-5-10(9-11(12)13(15)20)16-21(18,19)17-7-3-1-2-4-8-17/h5-6,9,16H,1-4,7-8H2,(H2,15,20). The molecule has 1 saturated heterocycles. The molecule has 0 aliphatic carbocycles. The molecule has 0 saturated carbocycles. The highest BCUT2D eigenvalue weighted by Crippen LogP contribution is 2.19. The van der Waals surface area contributed by atoms with E-state index in [0.29, 0.717) is 13.1 Å². The van der Waals surface area contributed by atoms with Crippen LogP contribution in [0.25, 0.3) is 0 Å². The second-order valence-electron chi connectivity index (χ2n) is 4.98. The molecule has 5 nitrogen and oxygen atoms in total. The van der Waals surface area contributed by atoms with Crippen molar-refractivity contribution in [3.63, 3.8) is 0 Å². The van der Waals surface area contributed by atoms with Gasteiger partial charge in [0.25, 0.3) is 0 Å². The van der Waals surface area contributed by atoms with Crippen molar-refractivity contribution in [2.24, 2.45) is 5.73 Å². The van der Waals surface area contributed by atoms with Gasteiger partial charge in [0.05, 0.1) is 5.69 Å². The zero-order valence-corrected chi connectivity index (χ0v) is 13.1. The largest absolute Gasteiger partial charge is 0.389 e. The van der Waals surface area contributed by atoms with Gasteiger partial charge in [-0.3, -0.25) is 4.72 Å². The fourth-order valence-electron chi connectivity index (χ4n) is 2.27. The van der Waals surface area contributed by atoms with Gasteiger partial charge in [-0.25, -0.2) is 4.39 Å². The van der Waals surface area contributed by atoms with Gasteiger partial charge in [0.2, 0.25) is 0 Å². The summed E-state index contributed by atoms with van der Waals surface area (Å²) in [7, 11) is -3.64. The molecule has 1 heterocycles. The first-order chi connectivity index (χ1) is 9.90. The highest BCUT2D eigenvalue weighted by molar-refractivity contribution is 7.90. The smallest absolute Gasteiger partial charge is 0.301 e. The van der Waals surface area contributed by atoms with E-state index in [1.165, 1.54) is 16.4 Å². The number of hydrogen-bond acceptors (Lipinski definition) is 3. The van der Waals surface area contributed by atoms with Crippen molar-refractivity contribution in [2.75, 3.05) is 17.8 Å². The molecule has 0 radical (unpaired) electrons. The van der Waals surface area contributed by atoms with E-state index >= 15 is 0 Å². The number of benzene rings is 1. The Hall–Kier alpha value is -1.25. The monoisotopic (exact) mass is 331 g/mol. The van der Waals surface area contributed by atoms with Crippen LogP contribution in [0.15, 0.2) is 18.2 Å². The number of nitrogens with zero attached hydrogens (tertiary/aromatic N) is 1. The second-order valence-corrected chi connectivity index (χ2v) is 7.09. The lowest BCUT2D eigenvalue weighted by Gasteiger charge is -2.21. The van der Waals surface area contributed by atoms with Crippen LogP contribution in [0.3, 0.4) is 0 Å². The van der Waals surface area contributed by atoms with E-state index < -0.39 is 16.0 Å². The van der Waals surface area contributed by atoms with Crippen LogP contribution in [0.1, 0.15) is 31.2 Å². The molecule has 1 aromatic rings. The maximum atomic E-state index is 13.5. The van der Waals surface area contributed by atoms with Crippen LogP contribution in [0.4, 0.5) is 10.1 Å². The van der Waals surface area contributed by atoms with Gasteiger partial charge in [0.1, 0.15) is 10.8 Å². The Morgan fingerprint density at radius 2 is 1.86 bits per heavy atom. The van der Waals surface area contributed by atoms with Crippen molar-refractivity contribution < 1.29 is 12.8 Å². The van der Waals surface area contributed by atoms with Gasteiger partial charge >= 0.3 is 10.2 Å². The predicted octanol–water partition coefficient (Wildman–Crippen LogP) is 1.99. The molecule has 21 heavy (non-hydrogen) atoms. The van der Waals surface area contributed by atoms with Gasteiger partial charge in [0, 0.05) is 18.7 Å². The summed E-state index contributed by atoms with van der Waals surface area (Å²) < 4.78 is 42.0. The first-order valence-electron chi connectivity index (χ1n) is 6.77. The fraction of sp³-hybridized carbons (Fsp3) is 0.462. The van der Waals surface area contributed by atoms with Gasteiger partial charge in [-0.1, -0.05) is 25.1 Å². The Balaban J connectivity index is 2.20. The van der Waals surface area contributed by atoms with Crippen molar-refractivity contribution in [1.29, 1.82) is 0 Å². The summed E-state index contributed by atoms with van der Waals surface area (Å²) in [6.07, 6.45) is 3.77. The summed E-state index contributed by atoms with van der Waals surface area (Å²) in [6, 6.07) is 3.81. The molecule has 0 aromatic heterocycles. The van der Waals surface area contributed by atoms with Crippen LogP contribution in [0, 0.1) is 5.82 Å². The molecule has 3 N–H and O–H groups in total. The number of halogens is 1. The minimum absolute atomic E-state index is 0.0288. The third-order valence-electron chi connectivity index (χ3n) is 3.38. The summed E-state index contributed by atoms with van der Waals surface area (Å²) in [5, 5.41) is 0. The number of anilines is 1. The van der Waals surface area contributed by atoms with Gasteiger partial charge in [-0.15, -0.1) is 0 Å². The topological polar surface area (TPSA) is 75.4 Å². The fourth-order valence-corrected chi connectivity index (χ4v) is 3.72. The van der Waals surface area contributed by atoms with Crippen molar-refractivity contribution >= 4 is 33.1 Å². The van der Waals surface area contributed by atoms with Crippen LogP contribution < -0.4 is 10.5 Å². The lowest BCUT2D eigenvalue weighted by atomic mass is 10.2. The minimum Gasteiger partial charge on any atom is -0.389 e. The summed E-state index contributed by atoms with van der Waals surface area (Å²) in [4.78, 5) is -0.108. The molecule has 0 bridgehead atoms. The van der Waals surface area contributed by atoms with Crippen LogP contribution in [-0.2, 0) is 10.2 Å². The van der Waals surface area contributed by atoms with Crippen LogP contribution in [-0.4, -0.2) is 30.8 Å². The maximum absolute atomic E-state index is 13.5. The van der Waals surface area contributed by atoms with E-state index in [9.17, 15) is 12.8 Å². The Morgan fingerprint density at radius 1 is 1.24 bits per heavy atom. The van der Waals surface area contributed by atoms with Gasteiger partial charge in [0.15, 0.2) is 0 Å². The lowest BCUT2D eigenvalue weighted by molar-refractivity contribution is 0.427. The summed E-state index contributed by atoms with van der Waals surface area (Å²) >= 11 is 4.74. The molecule has 0 amide bonds. The van der Waals surface area contributed by atoms with Crippen molar-refractivity contribution in [3.05, 3.63) is 29.6 Å². The minimum atomic E-state index is -3.64. The molecule has 8 heteroatoms. The second kappa shape index (κ2) is 6.67. The number of rotatable bonds is 4. The zero-order chi connectivity index (χ0) is 15.5. The number of nitrogens with two attached hydrogens (primary N) is 1.